The summed E-state index contributed by atoms with van der Waals surface area (Å²) in [5.74, 6) is 0.218. The van der Waals surface area contributed by atoms with Crippen LogP contribution in [-0.2, 0) is 23.1 Å². The van der Waals surface area contributed by atoms with Gasteiger partial charge in [-0.25, -0.2) is 0 Å². The molecule has 2 aliphatic rings. The van der Waals surface area contributed by atoms with Gasteiger partial charge in [0.05, 0.1) is 11.5 Å². The standard InChI is InChI=1S/C25H31NO/c1-2-23(21-15-14-19-10-6-7-11-20(19)18-21)26-24(27)25(16-8-9-17-25)22-12-4-3-5-13-22/h3-5,12-15,18,23H,2,6-11,16-17H2,1H3,(H,26,27)/t23-/m1/s1. The van der Waals surface area contributed by atoms with Gasteiger partial charge in [0.2, 0.25) is 5.91 Å². The number of aryl methyl sites for hydroxylation is 2. The topological polar surface area (TPSA) is 29.1 Å². The van der Waals surface area contributed by atoms with Crippen LogP contribution in [0.15, 0.2) is 48.5 Å². The molecule has 1 fully saturated rings. The molecular formula is C25H31NO. The number of carbonyl (C=O) groups is 1. The maximum Gasteiger partial charge on any atom is 0.231 e. The van der Waals surface area contributed by atoms with Crippen molar-refractivity contribution in [2.24, 2.45) is 0 Å². The fourth-order valence-electron chi connectivity index (χ4n) is 5.07. The van der Waals surface area contributed by atoms with Crippen LogP contribution in [0.4, 0.5) is 0 Å². The summed E-state index contributed by atoms with van der Waals surface area (Å²) >= 11 is 0. The first-order valence-electron chi connectivity index (χ1n) is 10.7. The minimum Gasteiger partial charge on any atom is -0.349 e. The van der Waals surface area contributed by atoms with E-state index in [0.29, 0.717) is 0 Å². The smallest absolute Gasteiger partial charge is 0.231 e. The largest absolute Gasteiger partial charge is 0.349 e. The Hall–Kier alpha value is -2.09. The van der Waals surface area contributed by atoms with Gasteiger partial charge in [0.25, 0.3) is 0 Å². The molecule has 0 spiro atoms. The molecule has 0 saturated heterocycles. The average Bonchev–Trinajstić information content (AvgIpc) is 3.23. The van der Waals surface area contributed by atoms with Crippen molar-refractivity contribution in [1.29, 1.82) is 0 Å². The van der Waals surface area contributed by atoms with Gasteiger partial charge in [-0.05, 0) is 67.2 Å². The lowest BCUT2D eigenvalue weighted by molar-refractivity contribution is -0.127. The molecule has 0 radical (unpaired) electrons. The van der Waals surface area contributed by atoms with Crippen molar-refractivity contribution < 1.29 is 4.79 Å². The Morgan fingerprint density at radius 2 is 1.67 bits per heavy atom. The average molecular weight is 362 g/mol. The first-order valence-corrected chi connectivity index (χ1v) is 10.7. The number of carbonyl (C=O) groups excluding carboxylic acids is 1. The van der Waals surface area contributed by atoms with Crippen LogP contribution < -0.4 is 5.32 Å². The van der Waals surface area contributed by atoms with E-state index < -0.39 is 0 Å². The van der Waals surface area contributed by atoms with Crippen molar-refractivity contribution in [3.05, 3.63) is 70.8 Å². The van der Waals surface area contributed by atoms with Crippen LogP contribution in [0, 0.1) is 0 Å². The summed E-state index contributed by atoms with van der Waals surface area (Å²) in [5, 5.41) is 3.43. The second kappa shape index (κ2) is 7.88. The Balaban J connectivity index is 1.58. The third kappa shape index (κ3) is 3.54. The molecule has 2 nitrogen and oxygen atoms in total. The first-order chi connectivity index (χ1) is 13.2. The molecule has 1 atom stereocenters. The number of amides is 1. The summed E-state index contributed by atoms with van der Waals surface area (Å²) in [7, 11) is 0. The van der Waals surface area contributed by atoms with Crippen molar-refractivity contribution in [1.82, 2.24) is 5.32 Å². The van der Waals surface area contributed by atoms with Crippen molar-refractivity contribution in [3.8, 4) is 0 Å². The van der Waals surface area contributed by atoms with E-state index in [2.05, 4.69) is 54.7 Å². The Labute approximate surface area is 163 Å². The van der Waals surface area contributed by atoms with Crippen LogP contribution in [0.5, 0.6) is 0 Å². The third-order valence-corrected chi connectivity index (χ3v) is 6.71. The Bertz CT molecular complexity index is 789. The lowest BCUT2D eigenvalue weighted by Gasteiger charge is -2.31. The van der Waals surface area contributed by atoms with E-state index in [-0.39, 0.29) is 17.4 Å². The Morgan fingerprint density at radius 3 is 2.37 bits per heavy atom. The molecule has 1 amide bonds. The third-order valence-electron chi connectivity index (χ3n) is 6.71. The van der Waals surface area contributed by atoms with Gasteiger partial charge < -0.3 is 5.32 Å². The summed E-state index contributed by atoms with van der Waals surface area (Å²) in [6, 6.07) is 17.4. The zero-order valence-corrected chi connectivity index (χ0v) is 16.5. The second-order valence-electron chi connectivity index (χ2n) is 8.32. The molecule has 0 unspecified atom stereocenters. The van der Waals surface area contributed by atoms with Gasteiger partial charge in [0, 0.05) is 0 Å². The molecular weight excluding hydrogens is 330 g/mol. The molecule has 2 aromatic rings. The SMILES string of the molecule is CC[C@@H](NC(=O)C1(c2ccccc2)CCCC1)c1ccc2c(c1)CCCC2. The van der Waals surface area contributed by atoms with Crippen LogP contribution in [0.3, 0.4) is 0 Å². The van der Waals surface area contributed by atoms with E-state index in [4.69, 9.17) is 0 Å². The van der Waals surface area contributed by atoms with Crippen LogP contribution in [0.2, 0.25) is 0 Å². The highest BCUT2D eigenvalue weighted by molar-refractivity contribution is 5.89. The minimum absolute atomic E-state index is 0.103. The van der Waals surface area contributed by atoms with Gasteiger partial charge >= 0.3 is 0 Å². The summed E-state index contributed by atoms with van der Waals surface area (Å²) in [6.07, 6.45) is 10.1. The molecule has 2 heteroatoms. The van der Waals surface area contributed by atoms with Crippen LogP contribution in [0.25, 0.3) is 0 Å². The molecule has 2 aromatic carbocycles. The van der Waals surface area contributed by atoms with E-state index >= 15 is 0 Å². The lowest BCUT2D eigenvalue weighted by Crippen LogP contribution is -2.44. The highest BCUT2D eigenvalue weighted by atomic mass is 16.2. The number of rotatable bonds is 5. The molecule has 0 aromatic heterocycles. The van der Waals surface area contributed by atoms with Gasteiger partial charge in [0.1, 0.15) is 0 Å². The van der Waals surface area contributed by atoms with Crippen molar-refractivity contribution in [3.63, 3.8) is 0 Å². The Kier molecular flexibility index (Phi) is 5.33. The summed E-state index contributed by atoms with van der Waals surface area (Å²) < 4.78 is 0. The van der Waals surface area contributed by atoms with Crippen molar-refractivity contribution >= 4 is 5.91 Å². The molecule has 0 bridgehead atoms. The van der Waals surface area contributed by atoms with E-state index in [0.717, 1.165) is 32.1 Å². The van der Waals surface area contributed by atoms with Crippen LogP contribution >= 0.6 is 0 Å². The molecule has 1 N–H and O–H groups in total. The molecule has 4 rings (SSSR count). The highest BCUT2D eigenvalue weighted by Crippen LogP contribution is 2.42. The van der Waals surface area contributed by atoms with E-state index in [1.54, 1.807) is 0 Å². The number of nitrogens with one attached hydrogen (secondary N) is 1. The summed E-state index contributed by atoms with van der Waals surface area (Å²) in [4.78, 5) is 13.5. The lowest BCUT2D eigenvalue weighted by atomic mass is 9.77. The number of hydrogen-bond acceptors (Lipinski definition) is 1. The molecule has 0 aliphatic heterocycles. The molecule has 142 valence electrons. The summed E-state index contributed by atoms with van der Waals surface area (Å²) in [5.41, 5.74) is 5.10. The van der Waals surface area contributed by atoms with Crippen molar-refractivity contribution in [2.45, 2.75) is 76.2 Å². The molecule has 1 saturated carbocycles. The summed E-state index contributed by atoms with van der Waals surface area (Å²) in [6.45, 7) is 2.17. The molecule has 2 aliphatic carbocycles. The van der Waals surface area contributed by atoms with Gasteiger partial charge in [-0.15, -0.1) is 0 Å². The fourth-order valence-corrected chi connectivity index (χ4v) is 5.07. The highest BCUT2D eigenvalue weighted by Gasteiger charge is 2.43. The maximum absolute atomic E-state index is 13.5. The zero-order chi connectivity index (χ0) is 18.7. The fraction of sp³-hybridized carbons (Fsp3) is 0.480. The van der Waals surface area contributed by atoms with E-state index in [9.17, 15) is 4.79 Å². The van der Waals surface area contributed by atoms with Crippen molar-refractivity contribution in [2.75, 3.05) is 0 Å². The molecule has 0 heterocycles. The van der Waals surface area contributed by atoms with Gasteiger partial charge in [-0.3, -0.25) is 4.79 Å². The number of hydrogen-bond donors (Lipinski definition) is 1. The molecule has 27 heavy (non-hydrogen) atoms. The maximum atomic E-state index is 13.5. The van der Waals surface area contributed by atoms with E-state index in [1.807, 2.05) is 6.07 Å². The van der Waals surface area contributed by atoms with E-state index in [1.165, 1.54) is 47.9 Å². The quantitative estimate of drug-likeness (QED) is 0.733. The normalized spacial score (nSPS) is 19.3. The number of fused-ring (bicyclic) bond motifs is 1. The zero-order valence-electron chi connectivity index (χ0n) is 16.5. The van der Waals surface area contributed by atoms with Gasteiger partial charge in [-0.1, -0.05) is 68.3 Å². The predicted octanol–water partition coefficient (Wildman–Crippen LogP) is 5.64. The van der Waals surface area contributed by atoms with Gasteiger partial charge in [0.15, 0.2) is 0 Å². The second-order valence-corrected chi connectivity index (χ2v) is 8.32. The predicted molar refractivity (Wildman–Crippen MR) is 111 cm³/mol. The Morgan fingerprint density at radius 1 is 0.963 bits per heavy atom. The van der Waals surface area contributed by atoms with Gasteiger partial charge in [-0.2, -0.15) is 0 Å². The first kappa shape index (κ1) is 18.3. The minimum atomic E-state index is -0.344. The van der Waals surface area contributed by atoms with Crippen LogP contribution in [-0.4, -0.2) is 5.91 Å². The monoisotopic (exact) mass is 361 g/mol. The number of benzene rings is 2. The van der Waals surface area contributed by atoms with Crippen LogP contribution in [0.1, 0.15) is 80.2 Å².